The van der Waals surface area contributed by atoms with Gasteiger partial charge in [0, 0.05) is 57.3 Å². The number of hydrogen-bond acceptors (Lipinski definition) is 8. The molecule has 14 heteroatoms. The zero-order valence-electron chi connectivity index (χ0n) is 26.4. The number of aromatic nitrogens is 3. The Hall–Kier alpha value is -3.52. The quantitative estimate of drug-likeness (QED) is 0.211. The fourth-order valence-corrected chi connectivity index (χ4v) is 8.60. The SMILES string of the molecule is Cc1cc(-c2cc(Cl)ccc2OCCn2c(C)nc3c(c2=O)C[C@@H](N2CCC(OC(F)(F)F)CC2)CC32CC2)c2scc(C(=O)O)c2n1. The van der Waals surface area contributed by atoms with Crippen LogP contribution in [-0.4, -0.2) is 68.7 Å². The molecule has 0 unspecified atom stereocenters. The van der Waals surface area contributed by atoms with E-state index < -0.39 is 18.4 Å². The van der Waals surface area contributed by atoms with Crippen molar-refractivity contribution < 1.29 is 32.5 Å². The first-order valence-corrected chi connectivity index (χ1v) is 17.2. The number of rotatable bonds is 8. The summed E-state index contributed by atoms with van der Waals surface area (Å²) in [6.07, 6.45) is -1.62. The number of fused-ring (bicyclic) bond motifs is 3. The van der Waals surface area contributed by atoms with Crippen LogP contribution in [0.25, 0.3) is 21.3 Å². The van der Waals surface area contributed by atoms with Crippen LogP contribution in [0, 0.1) is 13.8 Å². The Bertz CT molecular complexity index is 1970. The molecule has 1 saturated carbocycles. The number of halogens is 4. The monoisotopic (exact) mass is 702 g/mol. The molecule has 4 aromatic rings. The molecule has 1 aromatic carbocycles. The topological polar surface area (TPSA) is 107 Å². The van der Waals surface area contributed by atoms with Gasteiger partial charge in [0.2, 0.25) is 0 Å². The molecule has 4 heterocycles. The maximum absolute atomic E-state index is 14.0. The van der Waals surface area contributed by atoms with Crippen molar-refractivity contribution in [1.82, 2.24) is 19.4 Å². The molecule has 1 spiro atoms. The van der Waals surface area contributed by atoms with Crippen molar-refractivity contribution in [1.29, 1.82) is 0 Å². The summed E-state index contributed by atoms with van der Waals surface area (Å²) in [7, 11) is 0. The van der Waals surface area contributed by atoms with E-state index in [1.165, 1.54) is 11.3 Å². The number of benzene rings is 1. The molecule has 3 aliphatic rings. The average Bonchev–Trinajstić information content (AvgIpc) is 3.66. The molecule has 1 N–H and O–H groups in total. The lowest BCUT2D eigenvalue weighted by molar-refractivity contribution is -0.346. The van der Waals surface area contributed by atoms with E-state index in [0.29, 0.717) is 76.0 Å². The minimum atomic E-state index is -4.64. The Morgan fingerprint density at radius 2 is 1.90 bits per heavy atom. The number of thiophene rings is 1. The van der Waals surface area contributed by atoms with E-state index in [0.717, 1.165) is 30.5 Å². The van der Waals surface area contributed by atoms with Crippen LogP contribution in [0.1, 0.15) is 65.2 Å². The number of aromatic carboxylic acids is 1. The number of alkyl halides is 3. The van der Waals surface area contributed by atoms with E-state index in [2.05, 4.69) is 14.6 Å². The number of piperidine rings is 1. The maximum atomic E-state index is 14.0. The summed E-state index contributed by atoms with van der Waals surface area (Å²) in [5, 5.41) is 11.7. The van der Waals surface area contributed by atoms with Crippen LogP contribution in [0.2, 0.25) is 5.02 Å². The second kappa shape index (κ2) is 12.4. The van der Waals surface area contributed by atoms with Crippen molar-refractivity contribution >= 4 is 39.1 Å². The highest BCUT2D eigenvalue weighted by atomic mass is 35.5. The number of likely N-dealkylation sites (tertiary alicyclic amines) is 1. The second-order valence-electron chi connectivity index (χ2n) is 13.0. The number of carboxylic acid groups (broad SMARTS) is 1. The van der Waals surface area contributed by atoms with Gasteiger partial charge in [-0.1, -0.05) is 11.6 Å². The Morgan fingerprint density at radius 1 is 1.15 bits per heavy atom. The molecule has 0 radical (unpaired) electrons. The van der Waals surface area contributed by atoms with Gasteiger partial charge in [-0.3, -0.25) is 24.0 Å². The normalized spacial score (nSPS) is 19.5. The van der Waals surface area contributed by atoms with Gasteiger partial charge < -0.3 is 9.84 Å². The molecule has 254 valence electrons. The van der Waals surface area contributed by atoms with Gasteiger partial charge in [-0.15, -0.1) is 24.5 Å². The van der Waals surface area contributed by atoms with Gasteiger partial charge in [-0.25, -0.2) is 9.78 Å². The Morgan fingerprint density at radius 3 is 2.58 bits per heavy atom. The molecular formula is C34H34ClF3N4O5S. The fourth-order valence-electron chi connectivity index (χ4n) is 7.41. The molecule has 3 aromatic heterocycles. The number of pyridine rings is 1. The van der Waals surface area contributed by atoms with Crippen molar-refractivity contribution in [2.75, 3.05) is 19.7 Å². The molecule has 7 rings (SSSR count). The van der Waals surface area contributed by atoms with Gasteiger partial charge in [-0.2, -0.15) is 0 Å². The molecule has 0 bridgehead atoms. The first kappa shape index (κ1) is 33.0. The van der Waals surface area contributed by atoms with E-state index >= 15 is 0 Å². The van der Waals surface area contributed by atoms with E-state index in [4.69, 9.17) is 21.3 Å². The third-order valence-corrected chi connectivity index (χ3v) is 11.1. The van der Waals surface area contributed by atoms with E-state index in [1.54, 1.807) is 35.1 Å². The van der Waals surface area contributed by atoms with E-state index in [1.807, 2.05) is 13.0 Å². The number of carbonyl (C=O) groups is 1. The summed E-state index contributed by atoms with van der Waals surface area (Å²) in [4.78, 5) is 37.5. The highest BCUT2D eigenvalue weighted by Gasteiger charge is 2.53. The molecule has 0 amide bonds. The number of hydrogen-bond donors (Lipinski definition) is 1. The number of nitrogens with zero attached hydrogens (tertiary/aromatic N) is 4. The molecule has 2 fully saturated rings. The lowest BCUT2D eigenvalue weighted by Crippen LogP contribution is -2.50. The smallest absolute Gasteiger partial charge is 0.491 e. The zero-order valence-corrected chi connectivity index (χ0v) is 28.0. The van der Waals surface area contributed by atoms with Crippen LogP contribution in [0.4, 0.5) is 13.2 Å². The van der Waals surface area contributed by atoms with Gasteiger partial charge >= 0.3 is 12.3 Å². The molecule has 1 aliphatic heterocycles. The van der Waals surface area contributed by atoms with Crippen LogP contribution >= 0.6 is 22.9 Å². The van der Waals surface area contributed by atoms with Crippen LogP contribution in [0.3, 0.4) is 0 Å². The van der Waals surface area contributed by atoms with E-state index in [-0.39, 0.29) is 35.7 Å². The summed E-state index contributed by atoms with van der Waals surface area (Å²) in [5.74, 6) is 0.0919. The molecule has 1 saturated heterocycles. The van der Waals surface area contributed by atoms with Crippen LogP contribution in [0.15, 0.2) is 34.4 Å². The summed E-state index contributed by atoms with van der Waals surface area (Å²) in [5.41, 5.74) is 3.95. The minimum absolute atomic E-state index is 0.0601. The standard InChI is InChI=1S/C34H34ClF3N4O5S/c1-18-13-24(29-28(39-18)26(17-48-29)32(44)45)23-14-20(35)3-4-27(23)46-12-11-42-19(2)40-30-25(31(42)43)15-21(16-33(30)7-8-33)41-9-5-22(6-10-41)47-34(36,37)38/h3-4,13-14,17,21-22H,5-12,15-16H2,1-2H3,(H,44,45)/t21-/m1/s1. The lowest BCUT2D eigenvalue weighted by Gasteiger charge is -2.41. The van der Waals surface area contributed by atoms with Crippen molar-refractivity contribution in [3.63, 3.8) is 0 Å². The Kier molecular flexibility index (Phi) is 8.54. The third kappa shape index (κ3) is 6.33. The molecule has 48 heavy (non-hydrogen) atoms. The first-order chi connectivity index (χ1) is 22.8. The van der Waals surface area contributed by atoms with Crippen LogP contribution in [0.5, 0.6) is 5.75 Å². The largest absolute Gasteiger partial charge is 0.522 e. The van der Waals surface area contributed by atoms with Crippen molar-refractivity contribution in [2.45, 2.75) is 82.8 Å². The fraction of sp³-hybridized carbons (Fsp3) is 0.471. The molecular weight excluding hydrogens is 669 g/mol. The van der Waals surface area contributed by atoms with Gasteiger partial charge in [0.05, 0.1) is 34.1 Å². The Labute approximate surface area is 283 Å². The van der Waals surface area contributed by atoms with Gasteiger partial charge in [0.1, 0.15) is 18.2 Å². The van der Waals surface area contributed by atoms with Crippen molar-refractivity contribution in [3.8, 4) is 16.9 Å². The highest BCUT2D eigenvalue weighted by molar-refractivity contribution is 7.18. The molecule has 2 aliphatic carbocycles. The van der Waals surface area contributed by atoms with Crippen molar-refractivity contribution in [2.24, 2.45) is 0 Å². The van der Waals surface area contributed by atoms with E-state index in [9.17, 15) is 27.9 Å². The van der Waals surface area contributed by atoms with Gasteiger partial charge in [-0.05, 0) is 76.6 Å². The Balaban J connectivity index is 1.11. The third-order valence-electron chi connectivity index (χ3n) is 9.85. The molecule has 9 nitrogen and oxygen atoms in total. The summed E-state index contributed by atoms with van der Waals surface area (Å²) in [6, 6.07) is 7.19. The van der Waals surface area contributed by atoms with Crippen LogP contribution < -0.4 is 10.3 Å². The predicted molar refractivity (Wildman–Crippen MR) is 175 cm³/mol. The predicted octanol–water partition coefficient (Wildman–Crippen LogP) is 6.91. The number of carboxylic acids is 1. The van der Waals surface area contributed by atoms with Gasteiger partial charge in [0.15, 0.2) is 0 Å². The zero-order chi connectivity index (χ0) is 34.0. The average molecular weight is 703 g/mol. The summed E-state index contributed by atoms with van der Waals surface area (Å²) in [6.45, 7) is 5.03. The number of ether oxygens (including phenoxy) is 2. The first-order valence-electron chi connectivity index (χ1n) is 16.0. The number of aryl methyl sites for hydroxylation is 2. The van der Waals surface area contributed by atoms with Gasteiger partial charge in [0.25, 0.3) is 5.56 Å². The lowest BCUT2D eigenvalue weighted by atomic mass is 9.80. The second-order valence-corrected chi connectivity index (χ2v) is 14.3. The molecule has 1 atom stereocenters. The van der Waals surface area contributed by atoms with Crippen LogP contribution in [-0.2, 0) is 23.1 Å². The summed E-state index contributed by atoms with van der Waals surface area (Å²) < 4.78 is 51.2. The van der Waals surface area contributed by atoms with Crippen molar-refractivity contribution in [3.05, 3.63) is 73.4 Å². The minimum Gasteiger partial charge on any atom is -0.491 e. The highest BCUT2D eigenvalue weighted by Crippen LogP contribution is 2.55. The maximum Gasteiger partial charge on any atom is 0.522 e. The summed E-state index contributed by atoms with van der Waals surface area (Å²) >= 11 is 7.70.